The molecule has 186 valence electrons. The second kappa shape index (κ2) is 10.2. The number of anilines is 4. The van der Waals surface area contributed by atoms with E-state index in [1.54, 1.807) is 0 Å². The second-order valence-electron chi connectivity index (χ2n) is 8.19. The molecule has 3 aromatic heterocycles. The lowest BCUT2D eigenvalue weighted by molar-refractivity contribution is 0.0595. The van der Waals surface area contributed by atoms with Crippen molar-refractivity contribution in [2.75, 3.05) is 56.0 Å². The Morgan fingerprint density at radius 2 is 1.94 bits per heavy atom. The highest BCUT2D eigenvalue weighted by atomic mass is 16.5. The predicted molar refractivity (Wildman–Crippen MR) is 138 cm³/mol. The monoisotopic (exact) mass is 488 g/mol. The molecule has 4 heterocycles. The summed E-state index contributed by atoms with van der Waals surface area (Å²) in [5.74, 6) is -0.276. The minimum absolute atomic E-state index is 0.0980. The van der Waals surface area contributed by atoms with Gasteiger partial charge in [-0.2, -0.15) is 0 Å². The van der Waals surface area contributed by atoms with E-state index in [2.05, 4.69) is 48.0 Å². The van der Waals surface area contributed by atoms with E-state index in [9.17, 15) is 4.79 Å². The topological polar surface area (TPSA) is 119 Å². The van der Waals surface area contributed by atoms with Crippen molar-refractivity contribution in [2.24, 2.45) is 0 Å². The number of morpholine rings is 1. The number of carbonyl (C=O) groups excluding carboxylic acids is 1. The number of methoxy groups -OCH3 is 1. The van der Waals surface area contributed by atoms with Crippen molar-refractivity contribution in [1.82, 2.24) is 24.5 Å². The van der Waals surface area contributed by atoms with E-state index in [0.29, 0.717) is 19.0 Å². The van der Waals surface area contributed by atoms with Crippen LogP contribution in [-0.2, 0) is 16.0 Å². The Morgan fingerprint density at radius 3 is 2.69 bits per heavy atom. The first-order valence-electron chi connectivity index (χ1n) is 11.8. The van der Waals surface area contributed by atoms with Crippen LogP contribution >= 0.6 is 0 Å². The van der Waals surface area contributed by atoms with Gasteiger partial charge in [0, 0.05) is 62.1 Å². The molecule has 0 bridgehead atoms. The summed E-state index contributed by atoms with van der Waals surface area (Å²) in [5, 5.41) is 6.73. The van der Waals surface area contributed by atoms with Gasteiger partial charge < -0.3 is 29.6 Å². The van der Waals surface area contributed by atoms with Crippen LogP contribution in [0.5, 0.6) is 0 Å². The number of pyridine rings is 1. The fraction of sp³-hybridized carbons (Fsp3) is 0.320. The zero-order valence-electron chi connectivity index (χ0n) is 20.5. The van der Waals surface area contributed by atoms with Crippen molar-refractivity contribution < 1.29 is 14.3 Å². The quantitative estimate of drug-likeness (QED) is 0.375. The van der Waals surface area contributed by atoms with Crippen LogP contribution in [0.1, 0.15) is 17.4 Å². The predicted octanol–water partition coefficient (Wildman–Crippen LogP) is 3.32. The van der Waals surface area contributed by atoms with Gasteiger partial charge in [-0.05, 0) is 19.1 Å². The Balaban J connectivity index is 1.73. The molecule has 36 heavy (non-hydrogen) atoms. The van der Waals surface area contributed by atoms with Crippen LogP contribution in [0.3, 0.4) is 0 Å². The minimum atomic E-state index is -0.573. The molecule has 1 aromatic carbocycles. The average Bonchev–Trinajstić information content (AvgIpc) is 3.36. The molecular weight excluding hydrogens is 460 g/mol. The Labute approximate surface area is 208 Å². The Morgan fingerprint density at radius 1 is 1.14 bits per heavy atom. The number of aryl methyl sites for hydroxylation is 1. The lowest BCUT2D eigenvalue weighted by Crippen LogP contribution is -2.36. The van der Waals surface area contributed by atoms with Gasteiger partial charge in [-0.3, -0.25) is 4.98 Å². The summed E-state index contributed by atoms with van der Waals surface area (Å²) >= 11 is 0. The van der Waals surface area contributed by atoms with Gasteiger partial charge >= 0.3 is 5.97 Å². The van der Waals surface area contributed by atoms with Crippen LogP contribution in [0.2, 0.25) is 0 Å². The van der Waals surface area contributed by atoms with Crippen LogP contribution < -0.4 is 15.5 Å². The van der Waals surface area contributed by atoms with E-state index >= 15 is 0 Å². The van der Waals surface area contributed by atoms with Gasteiger partial charge in [0.25, 0.3) is 0 Å². The summed E-state index contributed by atoms with van der Waals surface area (Å²) in [6, 6.07) is 4.03. The molecular formula is C25H28N8O3. The molecule has 0 atom stereocenters. The first-order chi connectivity index (χ1) is 17.7. The van der Waals surface area contributed by atoms with Gasteiger partial charge in [-0.25, -0.2) is 19.7 Å². The zero-order chi connectivity index (χ0) is 25.1. The smallest absolute Gasteiger partial charge is 0.360 e. The lowest BCUT2D eigenvalue weighted by Gasteiger charge is -2.32. The number of nitrogens with zero attached hydrogens (tertiary/aromatic N) is 6. The number of nitrogens with one attached hydrogen (secondary N) is 2. The fourth-order valence-electron chi connectivity index (χ4n) is 4.51. The van der Waals surface area contributed by atoms with E-state index in [1.165, 1.54) is 19.5 Å². The number of ether oxygens (including phenoxy) is 2. The molecule has 5 rings (SSSR count). The van der Waals surface area contributed by atoms with Crippen molar-refractivity contribution in [3.63, 3.8) is 0 Å². The normalized spacial score (nSPS) is 13.6. The van der Waals surface area contributed by atoms with E-state index in [0.717, 1.165) is 58.9 Å². The highest BCUT2D eigenvalue weighted by molar-refractivity contribution is 6.04. The average molecular weight is 489 g/mol. The first kappa shape index (κ1) is 23.5. The van der Waals surface area contributed by atoms with Crippen LogP contribution in [0.25, 0.3) is 22.2 Å². The Kier molecular flexibility index (Phi) is 6.63. The molecule has 2 N–H and O–H groups in total. The number of benzene rings is 1. The molecule has 0 radical (unpaired) electrons. The number of fused-ring (bicyclic) bond motifs is 1. The zero-order valence-corrected chi connectivity index (χ0v) is 20.5. The largest absolute Gasteiger partial charge is 0.464 e. The number of hydrogen-bond acceptors (Lipinski definition) is 10. The summed E-state index contributed by atoms with van der Waals surface area (Å²) in [6.45, 7) is 5.75. The van der Waals surface area contributed by atoms with Gasteiger partial charge in [-0.15, -0.1) is 0 Å². The SMILES string of the molecule is CCn1cnc2c(-c3c(Nc4nccnc4C(=O)OC)ccc(N4CCOCC4)c3NC)cncc21. The van der Waals surface area contributed by atoms with Crippen LogP contribution in [0.4, 0.5) is 22.9 Å². The minimum Gasteiger partial charge on any atom is -0.464 e. The standard InChI is InChI=1S/C25H28N8O3/c1-4-32-15-30-21-16(13-27-14-19(21)32)20-17(31-24-23(25(34)35-3)28-7-8-29-24)5-6-18(22(20)26-2)33-9-11-36-12-10-33/h5-8,13-15,26H,4,9-12H2,1-3H3,(H,29,31). The van der Waals surface area contributed by atoms with Crippen LogP contribution in [-0.4, -0.2) is 70.9 Å². The van der Waals surface area contributed by atoms with Gasteiger partial charge in [0.1, 0.15) is 0 Å². The number of aromatic nitrogens is 5. The summed E-state index contributed by atoms with van der Waals surface area (Å²) in [5.41, 5.74) is 6.26. The van der Waals surface area contributed by atoms with Crippen molar-refractivity contribution >= 4 is 39.9 Å². The Bertz CT molecular complexity index is 1400. The number of hydrogen-bond donors (Lipinski definition) is 2. The maximum atomic E-state index is 12.4. The molecule has 1 aliphatic rings. The van der Waals surface area contributed by atoms with Gasteiger partial charge in [0.2, 0.25) is 0 Å². The lowest BCUT2D eigenvalue weighted by atomic mass is 9.99. The van der Waals surface area contributed by atoms with Crippen molar-refractivity contribution in [3.05, 3.63) is 48.9 Å². The van der Waals surface area contributed by atoms with E-state index < -0.39 is 5.97 Å². The number of rotatable bonds is 7. The van der Waals surface area contributed by atoms with Crippen LogP contribution in [0, 0.1) is 0 Å². The fourth-order valence-corrected chi connectivity index (χ4v) is 4.51. The highest BCUT2D eigenvalue weighted by Crippen LogP contribution is 2.44. The van der Waals surface area contributed by atoms with Crippen molar-refractivity contribution in [3.8, 4) is 11.1 Å². The molecule has 1 aliphatic heterocycles. The third-order valence-electron chi connectivity index (χ3n) is 6.26. The van der Waals surface area contributed by atoms with Crippen molar-refractivity contribution in [1.29, 1.82) is 0 Å². The van der Waals surface area contributed by atoms with E-state index in [1.807, 2.05) is 31.8 Å². The first-order valence-corrected chi connectivity index (χ1v) is 11.8. The third-order valence-corrected chi connectivity index (χ3v) is 6.26. The van der Waals surface area contributed by atoms with E-state index in [4.69, 9.17) is 14.5 Å². The molecule has 0 saturated carbocycles. The Hall–Kier alpha value is -4.25. The number of imidazole rings is 1. The highest BCUT2D eigenvalue weighted by Gasteiger charge is 2.24. The molecule has 1 fully saturated rings. The van der Waals surface area contributed by atoms with Gasteiger partial charge in [0.05, 0.1) is 55.3 Å². The maximum absolute atomic E-state index is 12.4. The molecule has 11 heteroatoms. The molecule has 0 amide bonds. The molecule has 1 saturated heterocycles. The van der Waals surface area contributed by atoms with Crippen LogP contribution in [0.15, 0.2) is 43.2 Å². The third kappa shape index (κ3) is 4.17. The van der Waals surface area contributed by atoms with Crippen molar-refractivity contribution in [2.45, 2.75) is 13.5 Å². The number of esters is 1. The van der Waals surface area contributed by atoms with Gasteiger partial charge in [0.15, 0.2) is 11.5 Å². The number of carbonyl (C=O) groups is 1. The molecule has 0 unspecified atom stereocenters. The summed E-state index contributed by atoms with van der Waals surface area (Å²) in [6.07, 6.45) is 8.45. The molecule has 0 aliphatic carbocycles. The summed E-state index contributed by atoms with van der Waals surface area (Å²) in [7, 11) is 3.21. The van der Waals surface area contributed by atoms with Gasteiger partial charge in [-0.1, -0.05) is 0 Å². The second-order valence-corrected chi connectivity index (χ2v) is 8.19. The molecule has 0 spiro atoms. The maximum Gasteiger partial charge on any atom is 0.360 e. The summed E-state index contributed by atoms with van der Waals surface area (Å²) < 4.78 is 12.5. The van der Waals surface area contributed by atoms with E-state index in [-0.39, 0.29) is 5.69 Å². The molecule has 11 nitrogen and oxygen atoms in total. The summed E-state index contributed by atoms with van der Waals surface area (Å²) in [4.78, 5) is 32.5. The molecule has 4 aromatic rings.